The molecule has 22 heavy (non-hydrogen) atoms. The lowest BCUT2D eigenvalue weighted by Gasteiger charge is -2.19. The number of nitrogens with one attached hydrogen (secondary N) is 2. The molecular weight excluding hydrogens is 282 g/mol. The molecule has 0 aliphatic heterocycles. The largest absolute Gasteiger partial charge is 0.497 e. The van der Waals surface area contributed by atoms with Gasteiger partial charge in [0.1, 0.15) is 5.75 Å². The molecular formula is C16H23N3O3. The van der Waals surface area contributed by atoms with Gasteiger partial charge in [-0.3, -0.25) is 9.59 Å². The van der Waals surface area contributed by atoms with Gasteiger partial charge in [0, 0.05) is 18.9 Å². The minimum absolute atomic E-state index is 0.0483. The Morgan fingerprint density at radius 3 is 2.68 bits per heavy atom. The van der Waals surface area contributed by atoms with E-state index in [4.69, 9.17) is 10.5 Å². The number of hydrogen-bond acceptors (Lipinski definition) is 4. The van der Waals surface area contributed by atoms with E-state index in [9.17, 15) is 9.59 Å². The van der Waals surface area contributed by atoms with Gasteiger partial charge in [0.05, 0.1) is 18.5 Å². The topological polar surface area (TPSA) is 93.5 Å². The SMILES string of the molecule is COc1ccc(NC(C)=O)c(NC(=O)[C@@H]2CCC[C@@H]2CN)c1. The van der Waals surface area contributed by atoms with E-state index in [1.165, 1.54) is 6.92 Å². The van der Waals surface area contributed by atoms with Crippen LogP contribution in [0.25, 0.3) is 0 Å². The van der Waals surface area contributed by atoms with E-state index in [-0.39, 0.29) is 23.7 Å². The van der Waals surface area contributed by atoms with Crippen LogP contribution in [0, 0.1) is 11.8 Å². The molecule has 1 saturated carbocycles. The highest BCUT2D eigenvalue weighted by molar-refractivity contribution is 6.00. The summed E-state index contributed by atoms with van der Waals surface area (Å²) in [5, 5.41) is 5.62. The average Bonchev–Trinajstić information content (AvgIpc) is 2.97. The van der Waals surface area contributed by atoms with E-state index < -0.39 is 0 Å². The van der Waals surface area contributed by atoms with E-state index in [0.717, 1.165) is 19.3 Å². The lowest BCUT2D eigenvalue weighted by molar-refractivity contribution is -0.120. The standard InChI is InChI=1S/C16H23N3O3/c1-10(20)18-14-7-6-12(22-2)8-15(14)19-16(21)13-5-3-4-11(13)9-17/h6-8,11,13H,3-5,9,17H2,1-2H3,(H,18,20)(H,19,21)/t11-,13-/m1/s1. The Balaban J connectivity index is 2.19. The van der Waals surface area contributed by atoms with Gasteiger partial charge in [-0.15, -0.1) is 0 Å². The van der Waals surface area contributed by atoms with Crippen LogP contribution in [0.15, 0.2) is 18.2 Å². The van der Waals surface area contributed by atoms with Crippen LogP contribution in [0.1, 0.15) is 26.2 Å². The van der Waals surface area contributed by atoms with Crippen molar-refractivity contribution in [3.05, 3.63) is 18.2 Å². The van der Waals surface area contributed by atoms with Gasteiger partial charge in [0.2, 0.25) is 11.8 Å². The minimum Gasteiger partial charge on any atom is -0.497 e. The number of anilines is 2. The van der Waals surface area contributed by atoms with Crippen LogP contribution in [-0.2, 0) is 9.59 Å². The molecule has 120 valence electrons. The fourth-order valence-electron chi connectivity index (χ4n) is 2.94. The molecule has 4 N–H and O–H groups in total. The number of carbonyl (C=O) groups is 2. The first-order valence-corrected chi connectivity index (χ1v) is 7.51. The van der Waals surface area contributed by atoms with Crippen molar-refractivity contribution in [2.24, 2.45) is 17.6 Å². The highest BCUT2D eigenvalue weighted by atomic mass is 16.5. The molecule has 6 nitrogen and oxygen atoms in total. The maximum atomic E-state index is 12.5. The van der Waals surface area contributed by atoms with Crippen molar-refractivity contribution in [2.75, 3.05) is 24.3 Å². The molecule has 1 aliphatic rings. The van der Waals surface area contributed by atoms with Gasteiger partial charge < -0.3 is 21.1 Å². The first kappa shape index (κ1) is 16.3. The Morgan fingerprint density at radius 2 is 2.05 bits per heavy atom. The minimum atomic E-state index is -0.193. The second-order valence-electron chi connectivity index (χ2n) is 5.62. The Labute approximate surface area is 130 Å². The van der Waals surface area contributed by atoms with Crippen LogP contribution >= 0.6 is 0 Å². The number of amides is 2. The molecule has 1 aromatic carbocycles. The first-order valence-electron chi connectivity index (χ1n) is 7.51. The molecule has 0 aromatic heterocycles. The van der Waals surface area contributed by atoms with Gasteiger partial charge in [0.15, 0.2) is 0 Å². The molecule has 2 amide bonds. The van der Waals surface area contributed by atoms with E-state index in [1.54, 1.807) is 25.3 Å². The van der Waals surface area contributed by atoms with Gasteiger partial charge in [-0.25, -0.2) is 0 Å². The second-order valence-corrected chi connectivity index (χ2v) is 5.62. The molecule has 6 heteroatoms. The van der Waals surface area contributed by atoms with Crippen LogP contribution in [-0.4, -0.2) is 25.5 Å². The summed E-state index contributed by atoms with van der Waals surface area (Å²) in [6.45, 7) is 1.95. The zero-order valence-electron chi connectivity index (χ0n) is 13.0. The molecule has 2 atom stereocenters. The van der Waals surface area contributed by atoms with Crippen molar-refractivity contribution in [1.29, 1.82) is 0 Å². The fourth-order valence-corrected chi connectivity index (χ4v) is 2.94. The van der Waals surface area contributed by atoms with Crippen LogP contribution in [0.3, 0.4) is 0 Å². The molecule has 0 unspecified atom stereocenters. The summed E-state index contributed by atoms with van der Waals surface area (Å²) in [6.07, 6.45) is 2.87. The lowest BCUT2D eigenvalue weighted by Crippen LogP contribution is -2.30. The molecule has 2 rings (SSSR count). The fraction of sp³-hybridized carbons (Fsp3) is 0.500. The van der Waals surface area contributed by atoms with Crippen molar-refractivity contribution in [3.63, 3.8) is 0 Å². The third-order valence-corrected chi connectivity index (χ3v) is 4.09. The molecule has 1 aromatic rings. The van der Waals surface area contributed by atoms with Crippen molar-refractivity contribution in [1.82, 2.24) is 0 Å². The summed E-state index contributed by atoms with van der Waals surface area (Å²) >= 11 is 0. The number of benzene rings is 1. The average molecular weight is 305 g/mol. The summed E-state index contributed by atoms with van der Waals surface area (Å²) in [7, 11) is 1.56. The Kier molecular flexibility index (Phi) is 5.38. The Morgan fingerprint density at radius 1 is 1.27 bits per heavy atom. The number of methoxy groups -OCH3 is 1. The predicted molar refractivity (Wildman–Crippen MR) is 85.8 cm³/mol. The van der Waals surface area contributed by atoms with E-state index >= 15 is 0 Å². The third kappa shape index (κ3) is 3.76. The summed E-state index contributed by atoms with van der Waals surface area (Å²) < 4.78 is 5.18. The molecule has 0 radical (unpaired) electrons. The first-order chi connectivity index (χ1) is 10.5. The van der Waals surface area contributed by atoms with Gasteiger partial charge in [-0.2, -0.15) is 0 Å². The Bertz CT molecular complexity index is 560. The number of ether oxygens (including phenoxy) is 1. The van der Waals surface area contributed by atoms with Crippen LogP contribution < -0.4 is 21.1 Å². The van der Waals surface area contributed by atoms with E-state index in [2.05, 4.69) is 10.6 Å². The normalized spacial score (nSPS) is 20.5. The summed E-state index contributed by atoms with van der Waals surface area (Å²) in [4.78, 5) is 23.8. The van der Waals surface area contributed by atoms with Crippen molar-refractivity contribution < 1.29 is 14.3 Å². The quantitative estimate of drug-likeness (QED) is 0.775. The highest BCUT2D eigenvalue weighted by Gasteiger charge is 2.32. The summed E-state index contributed by atoms with van der Waals surface area (Å²) in [6, 6.07) is 5.15. The number of nitrogens with two attached hydrogens (primary N) is 1. The zero-order valence-corrected chi connectivity index (χ0v) is 13.0. The van der Waals surface area contributed by atoms with Crippen molar-refractivity contribution in [2.45, 2.75) is 26.2 Å². The van der Waals surface area contributed by atoms with Crippen molar-refractivity contribution in [3.8, 4) is 5.75 Å². The number of hydrogen-bond donors (Lipinski definition) is 3. The second kappa shape index (κ2) is 7.26. The molecule has 1 fully saturated rings. The maximum absolute atomic E-state index is 12.5. The van der Waals surface area contributed by atoms with Gasteiger partial charge in [0.25, 0.3) is 0 Å². The van der Waals surface area contributed by atoms with Gasteiger partial charge >= 0.3 is 0 Å². The smallest absolute Gasteiger partial charge is 0.227 e. The predicted octanol–water partition coefficient (Wildman–Crippen LogP) is 1.97. The Hall–Kier alpha value is -2.08. The highest BCUT2D eigenvalue weighted by Crippen LogP contribution is 2.33. The molecule has 0 saturated heterocycles. The molecule has 0 heterocycles. The number of carbonyl (C=O) groups excluding carboxylic acids is 2. The van der Waals surface area contributed by atoms with Crippen LogP contribution in [0.5, 0.6) is 5.75 Å². The summed E-state index contributed by atoms with van der Waals surface area (Å²) in [5.41, 5.74) is 6.84. The molecule has 1 aliphatic carbocycles. The third-order valence-electron chi connectivity index (χ3n) is 4.09. The molecule has 0 bridgehead atoms. The van der Waals surface area contributed by atoms with Gasteiger partial charge in [-0.05, 0) is 37.4 Å². The molecule has 0 spiro atoms. The lowest BCUT2D eigenvalue weighted by atomic mass is 9.95. The number of rotatable bonds is 5. The van der Waals surface area contributed by atoms with Gasteiger partial charge in [-0.1, -0.05) is 6.42 Å². The monoisotopic (exact) mass is 305 g/mol. The van der Waals surface area contributed by atoms with E-state index in [0.29, 0.717) is 23.7 Å². The zero-order chi connectivity index (χ0) is 16.1. The van der Waals surface area contributed by atoms with E-state index in [1.807, 2.05) is 0 Å². The van der Waals surface area contributed by atoms with Crippen LogP contribution in [0.2, 0.25) is 0 Å². The summed E-state index contributed by atoms with van der Waals surface area (Å²) in [5.74, 6) is 0.538. The van der Waals surface area contributed by atoms with Crippen molar-refractivity contribution >= 4 is 23.2 Å². The maximum Gasteiger partial charge on any atom is 0.227 e. The van der Waals surface area contributed by atoms with Crippen LogP contribution in [0.4, 0.5) is 11.4 Å².